The van der Waals surface area contributed by atoms with Crippen molar-refractivity contribution < 1.29 is 24.2 Å². The zero-order valence-corrected chi connectivity index (χ0v) is 34.2. The van der Waals surface area contributed by atoms with Gasteiger partial charge in [0.25, 0.3) is 5.91 Å². The number of hydrogen-bond acceptors (Lipinski definition) is 7. The number of carbonyl (C=O) groups is 2. The number of aromatic nitrogens is 3. The van der Waals surface area contributed by atoms with Crippen LogP contribution >= 0.6 is 0 Å². The number of carboxylic acids is 1. The first-order valence-corrected chi connectivity index (χ1v) is 20.2. The van der Waals surface area contributed by atoms with E-state index in [2.05, 4.69) is 85.6 Å². The van der Waals surface area contributed by atoms with E-state index >= 15 is 0 Å². The molecular formula is C42H69N5O5. The first-order chi connectivity index (χ1) is 24.1. The molecule has 0 aromatic carbocycles. The van der Waals surface area contributed by atoms with Crippen molar-refractivity contribution in [3.63, 3.8) is 0 Å². The molecule has 2 heterocycles. The third kappa shape index (κ3) is 5.65. The second-order valence-corrected chi connectivity index (χ2v) is 20.2. The van der Waals surface area contributed by atoms with Gasteiger partial charge in [-0.1, -0.05) is 74.0 Å². The lowest BCUT2D eigenvalue weighted by Crippen LogP contribution is -2.70. The van der Waals surface area contributed by atoms with Crippen LogP contribution in [0.25, 0.3) is 0 Å². The van der Waals surface area contributed by atoms with Crippen LogP contribution in [-0.4, -0.2) is 69.3 Å². The summed E-state index contributed by atoms with van der Waals surface area (Å²) in [7, 11) is 0. The highest BCUT2D eigenvalue weighted by molar-refractivity contribution is 5.90. The molecule has 2 bridgehead atoms. The Morgan fingerprint density at radius 1 is 1.08 bits per heavy atom. The second kappa shape index (κ2) is 13.2. The van der Waals surface area contributed by atoms with Gasteiger partial charge in [0.2, 0.25) is 5.82 Å². The average molecular weight is 724 g/mol. The molecule has 1 aromatic heterocycles. The predicted molar refractivity (Wildman–Crippen MR) is 202 cm³/mol. The number of nitrogens with two attached hydrogens (primary N) is 1. The molecule has 1 saturated heterocycles. The Morgan fingerprint density at radius 2 is 1.77 bits per heavy atom. The lowest BCUT2D eigenvalue weighted by atomic mass is 9.34. The van der Waals surface area contributed by atoms with E-state index in [1.54, 1.807) is 0 Å². The van der Waals surface area contributed by atoms with E-state index in [4.69, 9.17) is 20.3 Å². The number of rotatable bonds is 10. The Hall–Kier alpha value is -2.30. The minimum absolute atomic E-state index is 0.0506. The third-order valence-corrected chi connectivity index (χ3v) is 16.4. The van der Waals surface area contributed by atoms with Crippen LogP contribution in [0.2, 0.25) is 0 Å². The summed E-state index contributed by atoms with van der Waals surface area (Å²) < 4.78 is 15.9. The van der Waals surface area contributed by atoms with Crippen molar-refractivity contribution >= 4 is 11.9 Å². The molecule has 0 radical (unpaired) electrons. The number of carbonyl (C=O) groups excluding carboxylic acids is 1. The van der Waals surface area contributed by atoms with Gasteiger partial charge in [0.1, 0.15) is 6.33 Å². The Bertz CT molecular complexity index is 1570. The van der Waals surface area contributed by atoms with Gasteiger partial charge in [0, 0.05) is 17.0 Å². The molecule has 10 heteroatoms. The number of hydrogen-bond donors (Lipinski definition) is 3. The number of amides is 1. The molecule has 0 spiro atoms. The van der Waals surface area contributed by atoms with Gasteiger partial charge >= 0.3 is 5.97 Å². The topological polar surface area (TPSA) is 142 Å². The van der Waals surface area contributed by atoms with Gasteiger partial charge in [0.05, 0.1) is 37.9 Å². The van der Waals surface area contributed by atoms with Gasteiger partial charge in [0.15, 0.2) is 0 Å². The Labute approximate surface area is 312 Å². The lowest BCUT2D eigenvalue weighted by molar-refractivity contribution is -0.254. The van der Waals surface area contributed by atoms with E-state index in [-0.39, 0.29) is 64.0 Å². The predicted octanol–water partition coefficient (Wildman–Crippen LogP) is 7.30. The standard InChI is InChI=1S/C42H69N5O5/c1-24(2)27(7)38(9)17-18-39(10)28-13-14-31-37(8)19-30(47-34(44-23-45-47)35(48)46-26(5)6)33(52-21-41(12,43)25(3)4)42(31,22-51-20-37)29(28)15-16-40(39,11)32(38)36(49)50/h15,23-28,30-33H,13-14,16-22,43H2,1-12H3,(H,46,48)(H,49,50)/t27-,28+,30-,31-,32-,33+,37-,38-,39-,40+,41+,42+/m1/s1. The first kappa shape index (κ1) is 39.4. The minimum Gasteiger partial charge on any atom is -0.481 e. The maximum absolute atomic E-state index is 13.6. The van der Waals surface area contributed by atoms with Gasteiger partial charge in [-0.15, -0.1) is 0 Å². The Kier molecular flexibility index (Phi) is 9.98. The smallest absolute Gasteiger partial charge is 0.307 e. The van der Waals surface area contributed by atoms with E-state index in [0.29, 0.717) is 38.0 Å². The van der Waals surface area contributed by atoms with Crippen LogP contribution in [0.5, 0.6) is 0 Å². The van der Waals surface area contributed by atoms with E-state index in [9.17, 15) is 14.7 Å². The summed E-state index contributed by atoms with van der Waals surface area (Å²) in [4.78, 5) is 31.7. The fourth-order valence-electron chi connectivity index (χ4n) is 12.5. The summed E-state index contributed by atoms with van der Waals surface area (Å²) in [6.07, 6.45) is 8.89. The molecule has 292 valence electrons. The molecular weight excluding hydrogens is 654 g/mol. The molecule has 10 nitrogen and oxygen atoms in total. The maximum atomic E-state index is 13.6. The fraction of sp³-hybridized carbons (Fsp3) is 0.857. The van der Waals surface area contributed by atoms with E-state index in [0.717, 1.165) is 32.1 Å². The highest BCUT2D eigenvalue weighted by Crippen LogP contribution is 2.75. The van der Waals surface area contributed by atoms with Crippen LogP contribution in [0, 0.1) is 62.6 Å². The van der Waals surface area contributed by atoms with Crippen LogP contribution in [0.4, 0.5) is 0 Å². The SMILES string of the molecule is CC(C)NC(=O)c1ncnn1[C@@H]1C[C@]2(C)COC[C@@]3(C4=CC[C@@]5(C)[C@H](C(=O)O)[C@@](C)([C@H](C)C(C)C)CC[C@]5(C)[C@H]4CC[C@H]23)[C@H]1OC[C@](C)(N)C(C)C. The first-order valence-electron chi connectivity index (χ1n) is 20.2. The molecule has 6 rings (SSSR count). The molecule has 1 aliphatic heterocycles. The molecule has 4 N–H and O–H groups in total. The van der Waals surface area contributed by atoms with Crippen LogP contribution < -0.4 is 11.1 Å². The molecule has 4 aliphatic carbocycles. The van der Waals surface area contributed by atoms with Crippen LogP contribution in [-0.2, 0) is 14.3 Å². The number of nitrogens with zero attached hydrogens (tertiary/aromatic N) is 3. The summed E-state index contributed by atoms with van der Waals surface area (Å²) in [5.41, 5.74) is 6.06. The number of nitrogens with one attached hydrogen (secondary N) is 1. The van der Waals surface area contributed by atoms with Crippen molar-refractivity contribution in [1.29, 1.82) is 0 Å². The lowest BCUT2D eigenvalue weighted by Gasteiger charge is -2.71. The summed E-state index contributed by atoms with van der Waals surface area (Å²) >= 11 is 0. The summed E-state index contributed by atoms with van der Waals surface area (Å²) in [5, 5.41) is 19.0. The van der Waals surface area contributed by atoms with Crippen LogP contribution in [0.3, 0.4) is 0 Å². The van der Waals surface area contributed by atoms with Crippen molar-refractivity contribution in [2.75, 3.05) is 19.8 Å². The zero-order chi connectivity index (χ0) is 38.4. The van der Waals surface area contributed by atoms with Crippen LogP contribution in [0.15, 0.2) is 18.0 Å². The largest absolute Gasteiger partial charge is 0.481 e. The molecule has 12 atom stereocenters. The Morgan fingerprint density at radius 3 is 2.38 bits per heavy atom. The molecule has 1 aromatic rings. The van der Waals surface area contributed by atoms with E-state index < -0.39 is 28.3 Å². The average Bonchev–Trinajstić information content (AvgIpc) is 3.54. The number of allylic oxidation sites excluding steroid dienone is 1. The van der Waals surface area contributed by atoms with Crippen molar-refractivity contribution in [2.24, 2.45) is 68.3 Å². The Balaban J connectivity index is 1.53. The second-order valence-electron chi connectivity index (χ2n) is 20.2. The maximum Gasteiger partial charge on any atom is 0.307 e. The number of ether oxygens (including phenoxy) is 2. The molecule has 3 saturated carbocycles. The van der Waals surface area contributed by atoms with Crippen molar-refractivity contribution in [2.45, 2.75) is 145 Å². The monoisotopic (exact) mass is 724 g/mol. The number of aliphatic carboxylic acids is 1. The minimum atomic E-state index is -0.658. The quantitative estimate of drug-likeness (QED) is 0.214. The molecule has 0 unspecified atom stereocenters. The number of fused-ring (bicyclic) bond motifs is 3. The highest BCUT2D eigenvalue weighted by Gasteiger charge is 2.73. The summed E-state index contributed by atoms with van der Waals surface area (Å²) in [6, 6.07) is -0.331. The van der Waals surface area contributed by atoms with Crippen molar-refractivity contribution in [3.8, 4) is 0 Å². The fourth-order valence-corrected chi connectivity index (χ4v) is 12.5. The zero-order valence-electron chi connectivity index (χ0n) is 34.2. The van der Waals surface area contributed by atoms with Crippen LogP contribution in [0.1, 0.15) is 138 Å². The highest BCUT2D eigenvalue weighted by atomic mass is 16.5. The van der Waals surface area contributed by atoms with Gasteiger partial charge in [-0.05, 0) is 111 Å². The normalized spacial score (nSPS) is 41.8. The molecule has 4 fully saturated rings. The molecule has 52 heavy (non-hydrogen) atoms. The van der Waals surface area contributed by atoms with Gasteiger partial charge in [-0.2, -0.15) is 5.10 Å². The van der Waals surface area contributed by atoms with Crippen molar-refractivity contribution in [3.05, 3.63) is 23.8 Å². The van der Waals surface area contributed by atoms with Gasteiger partial charge in [-0.25, -0.2) is 9.67 Å². The molecule has 5 aliphatic rings. The van der Waals surface area contributed by atoms with Gasteiger partial charge < -0.3 is 25.6 Å². The number of carboxylic acid groups (broad SMARTS) is 1. The summed E-state index contributed by atoms with van der Waals surface area (Å²) in [6.45, 7) is 27.8. The van der Waals surface area contributed by atoms with Crippen molar-refractivity contribution in [1.82, 2.24) is 20.1 Å². The van der Waals surface area contributed by atoms with E-state index in [1.807, 2.05) is 18.5 Å². The third-order valence-electron chi connectivity index (χ3n) is 16.4. The summed E-state index contributed by atoms with van der Waals surface area (Å²) in [5.74, 6) is 0.229. The van der Waals surface area contributed by atoms with Gasteiger partial charge in [-0.3, -0.25) is 9.59 Å². The van der Waals surface area contributed by atoms with E-state index in [1.165, 1.54) is 11.9 Å². The molecule has 1 amide bonds.